The molecule has 0 fully saturated rings. The van der Waals surface area contributed by atoms with Crippen molar-refractivity contribution in [3.8, 4) is 0 Å². The van der Waals surface area contributed by atoms with Crippen molar-refractivity contribution in [1.29, 1.82) is 0 Å². The maximum atomic E-state index is 12.3. The summed E-state index contributed by atoms with van der Waals surface area (Å²) in [7, 11) is 0. The van der Waals surface area contributed by atoms with Crippen LogP contribution in [0.5, 0.6) is 0 Å². The molecule has 1 N–H and O–H groups in total. The van der Waals surface area contributed by atoms with E-state index in [1.807, 2.05) is 24.3 Å². The van der Waals surface area contributed by atoms with E-state index in [0.29, 0.717) is 22.7 Å². The topological polar surface area (TPSA) is 68.0 Å². The number of carbonyl (C=O) groups excluding carboxylic acids is 1. The molecule has 0 unspecified atom stereocenters. The van der Waals surface area contributed by atoms with Gasteiger partial charge >= 0.3 is 0 Å². The minimum atomic E-state index is -0.244. The number of nitrogens with zero attached hydrogens (tertiary/aromatic N) is 2. The number of halogens is 1. The second kappa shape index (κ2) is 5.54. The number of rotatable bonds is 3. The number of oxazole rings is 1. The predicted octanol–water partition coefficient (Wildman–Crippen LogP) is 3.11. The molecule has 3 rings (SSSR count). The van der Waals surface area contributed by atoms with Crippen molar-refractivity contribution in [2.24, 2.45) is 0 Å². The maximum Gasteiger partial charge on any atom is 0.252 e. The molecule has 21 heavy (non-hydrogen) atoms. The van der Waals surface area contributed by atoms with Gasteiger partial charge in [-0.25, -0.2) is 9.97 Å². The van der Waals surface area contributed by atoms with Crippen molar-refractivity contribution in [1.82, 2.24) is 15.3 Å². The molecule has 0 aliphatic carbocycles. The lowest BCUT2D eigenvalue weighted by molar-refractivity contribution is 0.0948. The van der Waals surface area contributed by atoms with E-state index in [4.69, 9.17) is 16.0 Å². The Balaban J connectivity index is 1.87. The second-order valence-corrected chi connectivity index (χ2v) is 4.94. The third-order valence-electron chi connectivity index (χ3n) is 3.00. The second-order valence-electron chi connectivity index (χ2n) is 4.56. The van der Waals surface area contributed by atoms with Gasteiger partial charge in [-0.1, -0.05) is 29.8 Å². The number of carbonyl (C=O) groups is 1. The Kier molecular flexibility index (Phi) is 3.58. The number of amides is 1. The molecule has 0 spiro atoms. The number of hydrogen-bond donors (Lipinski definition) is 1. The molecule has 0 bridgehead atoms. The first kappa shape index (κ1) is 13.6. The molecule has 106 valence electrons. The first-order chi connectivity index (χ1) is 10.1. The molecule has 0 aliphatic heterocycles. The van der Waals surface area contributed by atoms with Crippen molar-refractivity contribution >= 4 is 28.4 Å². The molecule has 0 radical (unpaired) electrons. The molecule has 0 atom stereocenters. The molecule has 3 aromatic rings. The molecule has 0 saturated carbocycles. The number of nitrogens with one attached hydrogen (secondary N) is 1. The van der Waals surface area contributed by atoms with E-state index in [-0.39, 0.29) is 17.6 Å². The summed E-state index contributed by atoms with van der Waals surface area (Å²) >= 11 is 5.97. The van der Waals surface area contributed by atoms with Gasteiger partial charge in [0.25, 0.3) is 5.91 Å². The van der Waals surface area contributed by atoms with Gasteiger partial charge in [-0.3, -0.25) is 4.79 Å². The van der Waals surface area contributed by atoms with E-state index >= 15 is 0 Å². The normalized spacial score (nSPS) is 10.8. The predicted molar refractivity (Wildman–Crippen MR) is 79.2 cm³/mol. The summed E-state index contributed by atoms with van der Waals surface area (Å²) in [4.78, 5) is 20.6. The summed E-state index contributed by atoms with van der Waals surface area (Å²) in [5.74, 6) is 0.924. The molecule has 0 aliphatic rings. The van der Waals surface area contributed by atoms with Crippen LogP contribution in [0.4, 0.5) is 0 Å². The van der Waals surface area contributed by atoms with Gasteiger partial charge in [-0.05, 0) is 19.1 Å². The van der Waals surface area contributed by atoms with Gasteiger partial charge in [-0.2, -0.15) is 0 Å². The first-order valence-corrected chi connectivity index (χ1v) is 6.76. The zero-order valence-electron chi connectivity index (χ0n) is 11.3. The van der Waals surface area contributed by atoms with Gasteiger partial charge in [0.2, 0.25) is 5.89 Å². The average Bonchev–Trinajstić information content (AvgIpc) is 2.89. The molecular formula is C15H12ClN3O2. The molecule has 1 amide bonds. The molecule has 1 aromatic carbocycles. The largest absolute Gasteiger partial charge is 0.444 e. The third-order valence-corrected chi connectivity index (χ3v) is 3.19. The highest BCUT2D eigenvalue weighted by Crippen LogP contribution is 2.20. The SMILES string of the molecule is Cc1cnc(CNC(=O)c2cc(Cl)nc3ccccc23)o1. The standard InChI is InChI=1S/C15H12ClN3O2/c1-9-7-17-14(21-9)8-18-15(20)11-6-13(16)19-12-5-3-2-4-10(11)12/h2-7H,8H2,1H3,(H,18,20). The summed E-state index contributed by atoms with van der Waals surface area (Å²) in [6.45, 7) is 2.02. The number of para-hydroxylation sites is 1. The first-order valence-electron chi connectivity index (χ1n) is 6.38. The summed E-state index contributed by atoms with van der Waals surface area (Å²) in [6.07, 6.45) is 1.61. The van der Waals surface area contributed by atoms with E-state index in [9.17, 15) is 4.79 Å². The van der Waals surface area contributed by atoms with Gasteiger partial charge in [-0.15, -0.1) is 0 Å². The minimum Gasteiger partial charge on any atom is -0.444 e. The fourth-order valence-corrected chi connectivity index (χ4v) is 2.27. The summed E-state index contributed by atoms with van der Waals surface area (Å²) in [5.41, 5.74) is 1.16. The highest BCUT2D eigenvalue weighted by atomic mass is 35.5. The van der Waals surface area contributed by atoms with Crippen molar-refractivity contribution in [3.05, 3.63) is 58.9 Å². The summed E-state index contributed by atoms with van der Waals surface area (Å²) in [5, 5.41) is 3.80. The summed E-state index contributed by atoms with van der Waals surface area (Å²) < 4.78 is 5.32. The Hall–Kier alpha value is -2.40. The number of benzene rings is 1. The lowest BCUT2D eigenvalue weighted by atomic mass is 10.1. The van der Waals surface area contributed by atoms with Crippen LogP contribution in [-0.2, 0) is 6.54 Å². The Bertz CT molecular complexity index is 814. The molecule has 2 heterocycles. The van der Waals surface area contributed by atoms with Crippen LogP contribution in [-0.4, -0.2) is 15.9 Å². The van der Waals surface area contributed by atoms with Crippen LogP contribution in [0, 0.1) is 6.92 Å². The number of aryl methyl sites for hydroxylation is 1. The lowest BCUT2D eigenvalue weighted by Gasteiger charge is -2.07. The van der Waals surface area contributed by atoms with E-state index < -0.39 is 0 Å². The molecular weight excluding hydrogens is 290 g/mol. The molecule has 5 nitrogen and oxygen atoms in total. The van der Waals surface area contributed by atoms with Crippen molar-refractivity contribution in [2.45, 2.75) is 13.5 Å². The van der Waals surface area contributed by atoms with Crippen molar-refractivity contribution < 1.29 is 9.21 Å². The van der Waals surface area contributed by atoms with Crippen LogP contribution in [0.15, 0.2) is 40.9 Å². The number of fused-ring (bicyclic) bond motifs is 1. The quantitative estimate of drug-likeness (QED) is 0.755. The Morgan fingerprint density at radius 1 is 1.38 bits per heavy atom. The van der Waals surface area contributed by atoms with Crippen LogP contribution < -0.4 is 5.32 Å². The Morgan fingerprint density at radius 2 is 2.19 bits per heavy atom. The van der Waals surface area contributed by atoms with Crippen molar-refractivity contribution in [3.63, 3.8) is 0 Å². The third kappa shape index (κ3) is 2.87. The smallest absolute Gasteiger partial charge is 0.252 e. The van der Waals surface area contributed by atoms with Gasteiger partial charge in [0.05, 0.1) is 23.8 Å². The zero-order valence-corrected chi connectivity index (χ0v) is 12.0. The van der Waals surface area contributed by atoms with Gasteiger partial charge < -0.3 is 9.73 Å². The number of pyridine rings is 1. The number of aromatic nitrogens is 2. The molecule has 2 aromatic heterocycles. The summed E-state index contributed by atoms with van der Waals surface area (Å²) in [6, 6.07) is 8.91. The van der Waals surface area contributed by atoms with Gasteiger partial charge in [0.15, 0.2) is 0 Å². The van der Waals surface area contributed by atoms with Crippen LogP contribution in [0.1, 0.15) is 22.0 Å². The van der Waals surface area contributed by atoms with E-state index in [1.165, 1.54) is 0 Å². The van der Waals surface area contributed by atoms with Crippen molar-refractivity contribution in [2.75, 3.05) is 0 Å². The fraction of sp³-hybridized carbons (Fsp3) is 0.133. The van der Waals surface area contributed by atoms with Crippen LogP contribution in [0.25, 0.3) is 10.9 Å². The van der Waals surface area contributed by atoms with E-state index in [0.717, 1.165) is 5.39 Å². The highest BCUT2D eigenvalue weighted by molar-refractivity contribution is 6.30. The monoisotopic (exact) mass is 301 g/mol. The Labute approximate surface area is 126 Å². The Morgan fingerprint density at radius 3 is 2.95 bits per heavy atom. The van der Waals surface area contributed by atoms with Crippen LogP contribution >= 0.6 is 11.6 Å². The fourth-order valence-electron chi connectivity index (χ4n) is 2.07. The maximum absolute atomic E-state index is 12.3. The van der Waals surface area contributed by atoms with Crippen LogP contribution in [0.3, 0.4) is 0 Å². The lowest BCUT2D eigenvalue weighted by Crippen LogP contribution is -2.23. The minimum absolute atomic E-state index is 0.223. The molecule has 6 heteroatoms. The highest BCUT2D eigenvalue weighted by Gasteiger charge is 2.13. The van der Waals surface area contributed by atoms with Gasteiger partial charge in [0.1, 0.15) is 10.9 Å². The number of hydrogen-bond acceptors (Lipinski definition) is 4. The molecule has 0 saturated heterocycles. The van der Waals surface area contributed by atoms with E-state index in [2.05, 4.69) is 15.3 Å². The zero-order chi connectivity index (χ0) is 14.8. The van der Waals surface area contributed by atoms with Gasteiger partial charge in [0, 0.05) is 5.39 Å². The van der Waals surface area contributed by atoms with Crippen LogP contribution in [0.2, 0.25) is 5.15 Å². The van der Waals surface area contributed by atoms with E-state index in [1.54, 1.807) is 19.2 Å². The average molecular weight is 302 g/mol.